The number of ether oxygens (including phenoxy) is 2. The zero-order chi connectivity index (χ0) is 20.0. The normalized spacial score (nSPS) is 10.6. The van der Waals surface area contributed by atoms with Gasteiger partial charge in [0.05, 0.1) is 18.8 Å². The number of hydrogen-bond donors (Lipinski definition) is 0. The van der Waals surface area contributed by atoms with Crippen molar-refractivity contribution in [2.24, 2.45) is 0 Å². The summed E-state index contributed by atoms with van der Waals surface area (Å²) in [4.78, 5) is 23.5. The molecule has 0 aliphatic heterocycles. The van der Waals surface area contributed by atoms with Gasteiger partial charge in [-0.2, -0.15) is 0 Å². The van der Waals surface area contributed by atoms with Crippen LogP contribution in [-0.4, -0.2) is 25.2 Å². The molecule has 0 N–H and O–H groups in total. The molecule has 0 bridgehead atoms. The number of carbonyl (C=O) groups excluding carboxylic acids is 2. The van der Waals surface area contributed by atoms with E-state index < -0.39 is 0 Å². The molecule has 0 amide bonds. The van der Waals surface area contributed by atoms with E-state index in [0.717, 1.165) is 36.8 Å². The Morgan fingerprint density at radius 1 is 0.786 bits per heavy atom. The summed E-state index contributed by atoms with van der Waals surface area (Å²) < 4.78 is 10.4. The molecule has 0 aromatic heterocycles. The lowest BCUT2D eigenvalue weighted by atomic mass is 10.1. The third-order valence-electron chi connectivity index (χ3n) is 4.11. The number of hydrogen-bond acceptors (Lipinski definition) is 4. The summed E-state index contributed by atoms with van der Waals surface area (Å²) in [6.45, 7) is 4.47. The van der Waals surface area contributed by atoms with Crippen LogP contribution in [0.2, 0.25) is 0 Å². The molecule has 0 unspecified atom stereocenters. The van der Waals surface area contributed by atoms with Crippen molar-refractivity contribution in [3.8, 4) is 0 Å². The smallest absolute Gasteiger partial charge is 0.338 e. The molecule has 146 valence electrons. The van der Waals surface area contributed by atoms with Crippen molar-refractivity contribution in [2.45, 2.75) is 25.7 Å². The first-order chi connectivity index (χ1) is 13.7. The van der Waals surface area contributed by atoms with Crippen LogP contribution in [0, 0.1) is 0 Å². The summed E-state index contributed by atoms with van der Waals surface area (Å²) in [5.74, 6) is -0.644. The topological polar surface area (TPSA) is 52.6 Å². The fourth-order valence-corrected chi connectivity index (χ4v) is 2.51. The largest absolute Gasteiger partial charge is 0.463 e. The van der Waals surface area contributed by atoms with E-state index >= 15 is 0 Å². The van der Waals surface area contributed by atoms with Crippen LogP contribution in [0.1, 0.15) is 47.2 Å². The zero-order valence-electron chi connectivity index (χ0n) is 16.0. The first-order valence-corrected chi connectivity index (χ1v) is 9.48. The Balaban J connectivity index is 1.50. The van der Waals surface area contributed by atoms with Gasteiger partial charge in [0, 0.05) is 6.08 Å². The van der Waals surface area contributed by atoms with Crippen molar-refractivity contribution in [1.29, 1.82) is 0 Å². The lowest BCUT2D eigenvalue weighted by Gasteiger charge is -2.05. The maximum absolute atomic E-state index is 11.9. The molecule has 0 fully saturated rings. The Bertz CT molecular complexity index is 776. The minimum atomic E-state index is -0.333. The second kappa shape index (κ2) is 12.3. The Morgan fingerprint density at radius 2 is 1.43 bits per heavy atom. The maximum Gasteiger partial charge on any atom is 0.338 e. The van der Waals surface area contributed by atoms with Crippen LogP contribution in [0.5, 0.6) is 0 Å². The quantitative estimate of drug-likeness (QED) is 0.302. The average Bonchev–Trinajstić information content (AvgIpc) is 2.74. The molecule has 4 heteroatoms. The third-order valence-corrected chi connectivity index (χ3v) is 4.11. The molecule has 4 nitrogen and oxygen atoms in total. The number of benzene rings is 2. The standard InChI is InChI=1S/C24H26O4/c1-2-20-12-15-22(16-13-20)24(26)28-19-9-4-3-8-18-27-23(25)17-14-21-10-6-5-7-11-21/h2,5-7,10-17H,1,3-4,8-9,18-19H2/b17-14+. The van der Waals surface area contributed by atoms with Crippen LogP contribution < -0.4 is 0 Å². The molecule has 2 rings (SSSR count). The van der Waals surface area contributed by atoms with E-state index in [1.165, 1.54) is 6.08 Å². The van der Waals surface area contributed by atoms with Crippen molar-refractivity contribution in [3.05, 3.63) is 83.9 Å². The summed E-state index contributed by atoms with van der Waals surface area (Å²) in [5, 5.41) is 0. The number of esters is 2. The van der Waals surface area contributed by atoms with Crippen molar-refractivity contribution in [1.82, 2.24) is 0 Å². The molecular formula is C24H26O4. The van der Waals surface area contributed by atoms with Gasteiger partial charge in [0.15, 0.2) is 0 Å². The van der Waals surface area contributed by atoms with Gasteiger partial charge in [0.25, 0.3) is 0 Å². The van der Waals surface area contributed by atoms with Gasteiger partial charge >= 0.3 is 11.9 Å². The van der Waals surface area contributed by atoms with Gasteiger partial charge in [-0.05, 0) is 55.0 Å². The van der Waals surface area contributed by atoms with Crippen LogP contribution in [0.4, 0.5) is 0 Å². The van der Waals surface area contributed by atoms with Gasteiger partial charge in [-0.25, -0.2) is 9.59 Å². The van der Waals surface area contributed by atoms with Gasteiger partial charge < -0.3 is 9.47 Å². The monoisotopic (exact) mass is 378 g/mol. The molecule has 0 saturated carbocycles. The van der Waals surface area contributed by atoms with Gasteiger partial charge in [-0.3, -0.25) is 0 Å². The fraction of sp³-hybridized carbons (Fsp3) is 0.250. The van der Waals surface area contributed by atoms with E-state index in [4.69, 9.17) is 9.47 Å². The first-order valence-electron chi connectivity index (χ1n) is 9.48. The summed E-state index contributed by atoms with van der Waals surface area (Å²) in [6.07, 6.45) is 8.32. The summed E-state index contributed by atoms with van der Waals surface area (Å²) in [6, 6.07) is 16.7. The number of rotatable bonds is 11. The minimum Gasteiger partial charge on any atom is -0.463 e. The predicted molar refractivity (Wildman–Crippen MR) is 112 cm³/mol. The molecule has 0 heterocycles. The lowest BCUT2D eigenvalue weighted by Crippen LogP contribution is -2.06. The predicted octanol–water partition coefficient (Wildman–Crippen LogP) is 5.30. The number of carbonyl (C=O) groups is 2. The number of unbranched alkanes of at least 4 members (excludes halogenated alkanes) is 3. The van der Waals surface area contributed by atoms with Crippen LogP contribution in [-0.2, 0) is 14.3 Å². The molecule has 2 aromatic rings. The van der Waals surface area contributed by atoms with Gasteiger partial charge in [-0.15, -0.1) is 0 Å². The van der Waals surface area contributed by atoms with E-state index in [9.17, 15) is 9.59 Å². The van der Waals surface area contributed by atoms with Crippen molar-refractivity contribution in [2.75, 3.05) is 13.2 Å². The average molecular weight is 378 g/mol. The van der Waals surface area contributed by atoms with Gasteiger partial charge in [0.1, 0.15) is 0 Å². The maximum atomic E-state index is 11.9. The molecular weight excluding hydrogens is 352 g/mol. The molecule has 0 aliphatic rings. The fourth-order valence-electron chi connectivity index (χ4n) is 2.51. The van der Waals surface area contributed by atoms with E-state index in [1.54, 1.807) is 24.3 Å². The Kier molecular flexibility index (Phi) is 9.28. The van der Waals surface area contributed by atoms with Crippen LogP contribution in [0.3, 0.4) is 0 Å². The second-order valence-corrected chi connectivity index (χ2v) is 6.29. The zero-order valence-corrected chi connectivity index (χ0v) is 16.0. The molecule has 0 saturated heterocycles. The molecule has 0 radical (unpaired) electrons. The summed E-state index contributed by atoms with van der Waals surface area (Å²) in [7, 11) is 0. The Hall–Kier alpha value is -3.14. The Morgan fingerprint density at radius 3 is 2.07 bits per heavy atom. The van der Waals surface area contributed by atoms with E-state index in [2.05, 4.69) is 6.58 Å². The second-order valence-electron chi connectivity index (χ2n) is 6.29. The molecule has 2 aromatic carbocycles. The minimum absolute atomic E-state index is 0.310. The molecule has 28 heavy (non-hydrogen) atoms. The van der Waals surface area contributed by atoms with Gasteiger partial charge in [-0.1, -0.05) is 55.1 Å². The molecule has 0 atom stereocenters. The Labute approximate surface area is 166 Å². The highest BCUT2D eigenvalue weighted by molar-refractivity contribution is 5.89. The summed E-state index contributed by atoms with van der Waals surface area (Å²) in [5.41, 5.74) is 2.47. The van der Waals surface area contributed by atoms with Crippen molar-refractivity contribution in [3.63, 3.8) is 0 Å². The molecule has 0 aliphatic carbocycles. The van der Waals surface area contributed by atoms with Crippen molar-refractivity contribution >= 4 is 24.1 Å². The highest BCUT2D eigenvalue weighted by Gasteiger charge is 2.06. The van der Waals surface area contributed by atoms with Crippen molar-refractivity contribution < 1.29 is 19.1 Å². The van der Waals surface area contributed by atoms with E-state index in [0.29, 0.717) is 18.8 Å². The summed E-state index contributed by atoms with van der Waals surface area (Å²) >= 11 is 0. The lowest BCUT2D eigenvalue weighted by molar-refractivity contribution is -0.137. The van der Waals surface area contributed by atoms with E-state index in [-0.39, 0.29) is 11.9 Å². The molecule has 0 spiro atoms. The van der Waals surface area contributed by atoms with Crippen LogP contribution in [0.15, 0.2) is 67.3 Å². The van der Waals surface area contributed by atoms with Crippen LogP contribution in [0.25, 0.3) is 12.2 Å². The highest BCUT2D eigenvalue weighted by atomic mass is 16.5. The van der Waals surface area contributed by atoms with Gasteiger partial charge in [0.2, 0.25) is 0 Å². The van der Waals surface area contributed by atoms with E-state index in [1.807, 2.05) is 42.5 Å². The first kappa shape index (κ1) is 21.2. The third kappa shape index (κ3) is 8.04. The highest BCUT2D eigenvalue weighted by Crippen LogP contribution is 2.08. The SMILES string of the molecule is C=Cc1ccc(C(=O)OCCCCCCOC(=O)/C=C/c2ccccc2)cc1. The van der Waals surface area contributed by atoms with Crippen LogP contribution >= 0.6 is 0 Å².